The summed E-state index contributed by atoms with van der Waals surface area (Å²) in [6.45, 7) is 6.49. The van der Waals surface area contributed by atoms with Gasteiger partial charge < -0.3 is 10.6 Å². The summed E-state index contributed by atoms with van der Waals surface area (Å²) in [5.41, 5.74) is 0.745. The number of hydrogen-bond donors (Lipinski definition) is 2. The van der Waals surface area contributed by atoms with Crippen LogP contribution in [0.1, 0.15) is 62.5 Å². The van der Waals surface area contributed by atoms with E-state index in [9.17, 15) is 4.79 Å². The number of rotatable bonds is 3. The maximum Gasteiger partial charge on any atom is 0.272 e. The number of hydrogen-bond acceptors (Lipinski definition) is 3. The molecule has 0 radical (unpaired) electrons. The number of carbonyl (C=O) groups excluding carboxylic acids is 1. The van der Waals surface area contributed by atoms with Gasteiger partial charge in [0.25, 0.3) is 5.91 Å². The topological polar surface area (TPSA) is 59.0 Å². The fraction of sp³-hybridized carbons (Fsp3) is 0.750. The Labute approximate surface area is 138 Å². The summed E-state index contributed by atoms with van der Waals surface area (Å²) in [5, 5.41) is 11.0. The minimum Gasteiger partial charge on any atom is -0.347 e. The Balaban J connectivity index is 0.00000176. The molecule has 1 saturated carbocycles. The molecule has 124 valence electrons. The third-order valence-electron chi connectivity index (χ3n) is 5.05. The maximum atomic E-state index is 12.4. The molecule has 2 aliphatic rings. The first kappa shape index (κ1) is 17.3. The second kappa shape index (κ2) is 7.01. The van der Waals surface area contributed by atoms with E-state index in [-0.39, 0.29) is 29.8 Å². The van der Waals surface area contributed by atoms with Crippen LogP contribution in [0.15, 0.2) is 12.3 Å². The van der Waals surface area contributed by atoms with Gasteiger partial charge in [0.05, 0.1) is 6.04 Å². The van der Waals surface area contributed by atoms with Crippen molar-refractivity contribution < 1.29 is 4.79 Å². The van der Waals surface area contributed by atoms with Crippen LogP contribution in [0.2, 0.25) is 0 Å². The lowest BCUT2D eigenvalue weighted by atomic mass is 9.87. The highest BCUT2D eigenvalue weighted by molar-refractivity contribution is 5.92. The largest absolute Gasteiger partial charge is 0.347 e. The molecule has 1 aliphatic heterocycles. The molecule has 22 heavy (non-hydrogen) atoms. The van der Waals surface area contributed by atoms with Gasteiger partial charge in [-0.25, -0.2) is 0 Å². The molecular weight excluding hydrogens is 300 g/mol. The van der Waals surface area contributed by atoms with Crippen LogP contribution in [0.3, 0.4) is 0 Å². The molecule has 6 heteroatoms. The van der Waals surface area contributed by atoms with Crippen molar-refractivity contribution in [2.45, 2.75) is 58.0 Å². The van der Waals surface area contributed by atoms with Crippen molar-refractivity contribution in [2.24, 2.45) is 5.41 Å². The van der Waals surface area contributed by atoms with Gasteiger partial charge in [0.15, 0.2) is 0 Å². The first-order valence-electron chi connectivity index (χ1n) is 8.13. The lowest BCUT2D eigenvalue weighted by Gasteiger charge is -2.27. The lowest BCUT2D eigenvalue weighted by molar-refractivity contribution is 0.0903. The van der Waals surface area contributed by atoms with Gasteiger partial charge in [-0.3, -0.25) is 9.48 Å². The highest BCUT2D eigenvalue weighted by atomic mass is 35.5. The summed E-state index contributed by atoms with van der Waals surface area (Å²) in [6, 6.07) is 2.49. The molecule has 1 aromatic heterocycles. The number of aromatic nitrogens is 2. The zero-order chi connectivity index (χ0) is 14.9. The normalized spacial score (nSPS) is 27.2. The molecule has 2 N–H and O–H groups in total. The molecule has 0 aromatic carbocycles. The summed E-state index contributed by atoms with van der Waals surface area (Å²) in [4.78, 5) is 12.4. The third-order valence-corrected chi connectivity index (χ3v) is 5.05. The number of carbonyl (C=O) groups is 1. The smallest absolute Gasteiger partial charge is 0.272 e. The average molecular weight is 327 g/mol. The van der Waals surface area contributed by atoms with Crippen molar-refractivity contribution in [1.29, 1.82) is 0 Å². The molecule has 1 aliphatic carbocycles. The van der Waals surface area contributed by atoms with E-state index in [1.807, 2.05) is 16.9 Å². The molecule has 2 atom stereocenters. The van der Waals surface area contributed by atoms with Gasteiger partial charge >= 0.3 is 0 Å². The van der Waals surface area contributed by atoms with E-state index in [1.165, 1.54) is 19.3 Å². The van der Waals surface area contributed by atoms with Gasteiger partial charge in [-0.1, -0.05) is 20.3 Å². The average Bonchev–Trinajstić information content (AvgIpc) is 3.07. The Morgan fingerprint density at radius 2 is 2.23 bits per heavy atom. The molecule has 0 spiro atoms. The summed E-state index contributed by atoms with van der Waals surface area (Å²) in [6.07, 6.45) is 7.69. The van der Waals surface area contributed by atoms with Gasteiger partial charge in [-0.15, -0.1) is 12.4 Å². The quantitative estimate of drug-likeness (QED) is 0.897. The Hall–Kier alpha value is -1.07. The number of nitrogens with one attached hydrogen (secondary N) is 2. The number of nitrogens with zero attached hydrogens (tertiary/aromatic N) is 2. The molecule has 1 saturated heterocycles. The second-order valence-corrected chi connectivity index (χ2v) is 7.09. The van der Waals surface area contributed by atoms with Crippen molar-refractivity contribution >= 4 is 18.3 Å². The van der Waals surface area contributed by atoms with Crippen molar-refractivity contribution in [2.75, 3.05) is 13.1 Å². The van der Waals surface area contributed by atoms with E-state index in [1.54, 1.807) is 0 Å². The number of amides is 1. The van der Waals surface area contributed by atoms with E-state index >= 15 is 0 Å². The molecule has 2 heterocycles. The summed E-state index contributed by atoms with van der Waals surface area (Å²) in [5.74, 6) is -0.0301. The number of halogens is 1. The zero-order valence-corrected chi connectivity index (χ0v) is 14.3. The standard InChI is InChI=1S/C16H26N4O.ClH/c1-16(2)8-3-6-14(16)18-15(21)13-7-10-20(19-13)12-5-4-9-17-11-12;/h7,10,12,14,17H,3-6,8-9,11H2,1-2H3,(H,18,21);1H. The van der Waals surface area contributed by atoms with Crippen LogP contribution in [0.5, 0.6) is 0 Å². The van der Waals surface area contributed by atoms with Crippen molar-refractivity contribution in [3.63, 3.8) is 0 Å². The van der Waals surface area contributed by atoms with Gasteiger partial charge in [-0.2, -0.15) is 5.10 Å². The van der Waals surface area contributed by atoms with Crippen LogP contribution >= 0.6 is 12.4 Å². The Kier molecular flexibility index (Phi) is 5.50. The Morgan fingerprint density at radius 3 is 2.86 bits per heavy atom. The van der Waals surface area contributed by atoms with E-state index < -0.39 is 0 Å². The molecule has 5 nitrogen and oxygen atoms in total. The summed E-state index contributed by atoms with van der Waals surface area (Å²) in [7, 11) is 0. The van der Waals surface area contributed by atoms with Crippen molar-refractivity contribution in [3.05, 3.63) is 18.0 Å². The molecule has 2 fully saturated rings. The highest BCUT2D eigenvalue weighted by Crippen LogP contribution is 2.37. The van der Waals surface area contributed by atoms with E-state index in [0.29, 0.717) is 11.7 Å². The van der Waals surface area contributed by atoms with Crippen LogP contribution in [-0.4, -0.2) is 34.8 Å². The minimum absolute atomic E-state index is 0. The summed E-state index contributed by atoms with van der Waals surface area (Å²) < 4.78 is 1.95. The van der Waals surface area contributed by atoms with Crippen molar-refractivity contribution in [3.8, 4) is 0 Å². The van der Waals surface area contributed by atoms with Crippen LogP contribution in [0, 0.1) is 5.41 Å². The zero-order valence-electron chi connectivity index (χ0n) is 13.5. The predicted octanol–water partition coefficient (Wildman–Crippen LogP) is 2.54. The van der Waals surface area contributed by atoms with E-state index in [2.05, 4.69) is 29.6 Å². The Bertz CT molecular complexity index is 508. The van der Waals surface area contributed by atoms with E-state index in [0.717, 1.165) is 25.9 Å². The molecule has 2 unspecified atom stereocenters. The third kappa shape index (κ3) is 3.63. The van der Waals surface area contributed by atoms with Gasteiger partial charge in [0.1, 0.15) is 5.69 Å². The van der Waals surface area contributed by atoms with E-state index in [4.69, 9.17) is 0 Å². The monoisotopic (exact) mass is 326 g/mol. The van der Waals surface area contributed by atoms with Crippen LogP contribution in [0.25, 0.3) is 0 Å². The maximum absolute atomic E-state index is 12.4. The lowest BCUT2D eigenvalue weighted by Crippen LogP contribution is -2.41. The van der Waals surface area contributed by atoms with Gasteiger partial charge in [0, 0.05) is 18.8 Å². The second-order valence-electron chi connectivity index (χ2n) is 7.09. The molecule has 1 aromatic rings. The van der Waals surface area contributed by atoms with Crippen LogP contribution in [0.4, 0.5) is 0 Å². The number of piperidine rings is 1. The highest BCUT2D eigenvalue weighted by Gasteiger charge is 2.35. The molecular formula is C16H27ClN4O. The fourth-order valence-electron chi connectivity index (χ4n) is 3.55. The molecule has 0 bridgehead atoms. The molecule has 3 rings (SSSR count). The van der Waals surface area contributed by atoms with Gasteiger partial charge in [-0.05, 0) is 43.7 Å². The predicted molar refractivity (Wildman–Crippen MR) is 89.5 cm³/mol. The minimum atomic E-state index is -0.0301. The van der Waals surface area contributed by atoms with Crippen LogP contribution in [-0.2, 0) is 0 Å². The first-order chi connectivity index (χ1) is 10.1. The van der Waals surface area contributed by atoms with Crippen molar-refractivity contribution in [1.82, 2.24) is 20.4 Å². The SMILES string of the molecule is CC1(C)CCCC1NC(=O)c1ccn(C2CCCNC2)n1.Cl. The summed E-state index contributed by atoms with van der Waals surface area (Å²) >= 11 is 0. The molecule has 1 amide bonds. The fourth-order valence-corrected chi connectivity index (χ4v) is 3.55. The van der Waals surface area contributed by atoms with Crippen LogP contribution < -0.4 is 10.6 Å². The first-order valence-corrected chi connectivity index (χ1v) is 8.13. The Morgan fingerprint density at radius 1 is 1.41 bits per heavy atom. The van der Waals surface area contributed by atoms with Gasteiger partial charge in [0.2, 0.25) is 0 Å².